The molecule has 0 unspecified atom stereocenters. The number of amides is 6. The summed E-state index contributed by atoms with van der Waals surface area (Å²) >= 11 is 0. The third-order valence-electron chi connectivity index (χ3n) is 8.10. The van der Waals surface area contributed by atoms with E-state index in [9.17, 15) is 29.1 Å². The first kappa shape index (κ1) is 45.1. The Morgan fingerprint density at radius 3 is 2.06 bits per heavy atom. The summed E-state index contributed by atoms with van der Waals surface area (Å²) in [6.07, 6.45) is 3.34. The van der Waals surface area contributed by atoms with Crippen molar-refractivity contribution in [1.29, 1.82) is 0 Å². The normalized spacial score (nSPS) is 13.5. The molecule has 0 aliphatic heterocycles. The van der Waals surface area contributed by atoms with Crippen molar-refractivity contribution in [3.05, 3.63) is 29.8 Å². The van der Waals surface area contributed by atoms with Crippen LogP contribution in [0.15, 0.2) is 24.3 Å². The summed E-state index contributed by atoms with van der Waals surface area (Å²) in [4.78, 5) is 64.9. The number of hydrogen-bond acceptors (Lipinski definition) is 8. The van der Waals surface area contributed by atoms with Gasteiger partial charge in [0.15, 0.2) is 0 Å². The molecule has 0 radical (unpaired) electrons. The van der Waals surface area contributed by atoms with Crippen molar-refractivity contribution in [3.8, 4) is 5.75 Å². The second-order valence-electron chi connectivity index (χ2n) is 14.7. The number of urea groups is 1. The molecule has 290 valence electrons. The molecule has 1 aromatic carbocycles. The van der Waals surface area contributed by atoms with Crippen LogP contribution in [0.1, 0.15) is 99.5 Å². The van der Waals surface area contributed by atoms with E-state index in [2.05, 4.69) is 26.6 Å². The zero-order valence-electron chi connectivity index (χ0n) is 32.0. The first-order valence-electron chi connectivity index (χ1n) is 18.1. The van der Waals surface area contributed by atoms with Crippen LogP contribution in [0.2, 0.25) is 0 Å². The predicted molar refractivity (Wildman–Crippen MR) is 197 cm³/mol. The molecule has 0 aliphatic carbocycles. The fraction of sp³-hybridized carbons (Fsp3) is 0.703. The minimum atomic E-state index is -1.10. The van der Waals surface area contributed by atoms with Gasteiger partial charge < -0.3 is 46.9 Å². The molecule has 0 spiro atoms. The van der Waals surface area contributed by atoms with E-state index < -0.39 is 52.9 Å². The molecule has 0 saturated carbocycles. The third kappa shape index (κ3) is 19.3. The van der Waals surface area contributed by atoms with Crippen molar-refractivity contribution < 1.29 is 38.6 Å². The fourth-order valence-corrected chi connectivity index (χ4v) is 5.22. The van der Waals surface area contributed by atoms with Crippen LogP contribution >= 0.6 is 0 Å². The molecule has 6 amide bonds. The molecule has 0 saturated heterocycles. The van der Waals surface area contributed by atoms with Gasteiger partial charge in [-0.2, -0.15) is 0 Å². The Balaban J connectivity index is 3.18. The van der Waals surface area contributed by atoms with Gasteiger partial charge in [-0.1, -0.05) is 59.6 Å². The topological polar surface area (TPSA) is 210 Å². The lowest BCUT2D eigenvalue weighted by atomic mass is 9.94. The predicted octanol–water partition coefficient (Wildman–Crippen LogP) is 3.05. The summed E-state index contributed by atoms with van der Waals surface area (Å²) in [6, 6.07) is 2.55. The Bertz CT molecular complexity index is 1240. The van der Waals surface area contributed by atoms with E-state index in [-0.39, 0.29) is 49.9 Å². The van der Waals surface area contributed by atoms with Gasteiger partial charge in [-0.05, 0) is 63.6 Å². The van der Waals surface area contributed by atoms with Crippen LogP contribution in [0, 0.1) is 11.3 Å². The van der Waals surface area contributed by atoms with E-state index >= 15 is 0 Å². The largest absolute Gasteiger partial charge is 0.508 e. The molecule has 0 bridgehead atoms. The van der Waals surface area contributed by atoms with E-state index in [1.807, 2.05) is 41.5 Å². The quantitative estimate of drug-likeness (QED) is 0.0745. The number of phenols is 1. The molecule has 1 aromatic rings. The van der Waals surface area contributed by atoms with Crippen LogP contribution in [0.3, 0.4) is 0 Å². The van der Waals surface area contributed by atoms with Crippen LogP contribution in [-0.2, 0) is 35.1 Å². The Morgan fingerprint density at radius 2 is 1.47 bits per heavy atom. The number of benzene rings is 1. The van der Waals surface area contributed by atoms with Gasteiger partial charge in [0.2, 0.25) is 23.6 Å². The number of rotatable bonds is 25. The number of unbranched alkanes of at least 4 members (excludes halogenated alkanes) is 2. The summed E-state index contributed by atoms with van der Waals surface area (Å²) in [6.45, 7) is 17.0. The molecular formula is C37H64N6O8. The number of nitrogens with two attached hydrogens (primary N) is 1. The maximum atomic E-state index is 13.9. The van der Waals surface area contributed by atoms with Crippen molar-refractivity contribution >= 4 is 29.7 Å². The van der Waals surface area contributed by atoms with Crippen LogP contribution < -0.4 is 32.3 Å². The molecule has 14 nitrogen and oxygen atoms in total. The number of primary amides is 1. The molecule has 0 aromatic heterocycles. The highest BCUT2D eigenvalue weighted by Gasteiger charge is 2.32. The van der Waals surface area contributed by atoms with E-state index in [0.29, 0.717) is 38.2 Å². The lowest BCUT2D eigenvalue weighted by Crippen LogP contribution is -2.58. The molecule has 0 heterocycles. The Morgan fingerprint density at radius 1 is 0.824 bits per heavy atom. The summed E-state index contributed by atoms with van der Waals surface area (Å²) in [7, 11) is 0. The molecule has 0 fully saturated rings. The van der Waals surface area contributed by atoms with Crippen molar-refractivity contribution in [2.45, 2.75) is 124 Å². The second-order valence-corrected chi connectivity index (χ2v) is 14.7. The van der Waals surface area contributed by atoms with Gasteiger partial charge in [0.05, 0.1) is 18.8 Å². The molecule has 1 rings (SSSR count). The molecule has 3 atom stereocenters. The van der Waals surface area contributed by atoms with E-state index in [1.54, 1.807) is 26.0 Å². The molecule has 14 heteroatoms. The van der Waals surface area contributed by atoms with Gasteiger partial charge in [-0.25, -0.2) is 4.79 Å². The smallest absolute Gasteiger partial charge is 0.312 e. The van der Waals surface area contributed by atoms with Crippen molar-refractivity contribution in [1.82, 2.24) is 26.6 Å². The maximum absolute atomic E-state index is 13.9. The number of aromatic hydroxyl groups is 1. The van der Waals surface area contributed by atoms with Crippen LogP contribution in [-0.4, -0.2) is 91.4 Å². The summed E-state index contributed by atoms with van der Waals surface area (Å²) in [5.41, 5.74) is 4.97. The fourth-order valence-electron chi connectivity index (χ4n) is 5.22. The van der Waals surface area contributed by atoms with Crippen molar-refractivity contribution in [3.63, 3.8) is 0 Å². The summed E-state index contributed by atoms with van der Waals surface area (Å²) < 4.78 is 11.6. The first-order chi connectivity index (χ1) is 23.9. The standard InChI is InChI=1S/C37H64N6O8/c1-9-11-12-15-30(45)43-31(25(3)4)34(48)41-28(14-13-20-39-35(38)49)33(47)42-29(21-26-16-18-27(44)19-17-26)32(46)40-22-36(5,6)23-50-24-37(7,8)51-10-2/h16-19,25,28-29,31,44H,9-15,20-24H2,1-8H3,(H,40,46)(H,41,48)(H,42,47)(H,43,45)(H3,38,39,49)/t28-,29-,31-/m0/s1. The Labute approximate surface area is 304 Å². The average Bonchev–Trinajstić information content (AvgIpc) is 3.04. The number of ether oxygens (including phenoxy) is 2. The van der Waals surface area contributed by atoms with E-state index in [0.717, 1.165) is 12.8 Å². The zero-order valence-corrected chi connectivity index (χ0v) is 32.0. The number of phenolic OH excluding ortho intramolecular Hbond substituents is 1. The van der Waals surface area contributed by atoms with Gasteiger partial charge in [-0.3, -0.25) is 19.2 Å². The lowest BCUT2D eigenvalue weighted by Gasteiger charge is -2.30. The number of nitrogens with one attached hydrogen (secondary N) is 5. The number of hydrogen-bond donors (Lipinski definition) is 7. The van der Waals surface area contributed by atoms with E-state index in [4.69, 9.17) is 15.2 Å². The minimum Gasteiger partial charge on any atom is -0.508 e. The molecular weight excluding hydrogens is 656 g/mol. The van der Waals surface area contributed by atoms with Crippen LogP contribution in [0.25, 0.3) is 0 Å². The zero-order chi connectivity index (χ0) is 38.6. The SMILES string of the molecule is CCCCCC(=O)N[C@H](C(=O)N[C@@H](CCCNC(N)=O)C(=O)N[C@@H](Cc1ccc(O)cc1)C(=O)NCC(C)(C)COCC(C)(C)OCC)C(C)C. The van der Waals surface area contributed by atoms with Crippen molar-refractivity contribution in [2.75, 3.05) is 32.9 Å². The highest BCUT2D eigenvalue weighted by molar-refractivity contribution is 5.94. The van der Waals surface area contributed by atoms with Crippen molar-refractivity contribution in [2.24, 2.45) is 17.1 Å². The molecule has 8 N–H and O–H groups in total. The molecule has 51 heavy (non-hydrogen) atoms. The Kier molecular flexibility index (Phi) is 20.2. The van der Waals surface area contributed by atoms with E-state index in [1.165, 1.54) is 12.1 Å². The second kappa shape index (κ2) is 22.8. The average molecular weight is 721 g/mol. The third-order valence-corrected chi connectivity index (χ3v) is 8.10. The monoisotopic (exact) mass is 720 g/mol. The number of carbonyl (C=O) groups excluding carboxylic acids is 5. The Hall–Kier alpha value is -3.91. The first-order valence-corrected chi connectivity index (χ1v) is 18.1. The van der Waals surface area contributed by atoms with Crippen LogP contribution in [0.4, 0.5) is 4.79 Å². The summed E-state index contributed by atoms with van der Waals surface area (Å²) in [5.74, 6) is -2.06. The maximum Gasteiger partial charge on any atom is 0.312 e. The summed E-state index contributed by atoms with van der Waals surface area (Å²) in [5, 5.41) is 23.6. The van der Waals surface area contributed by atoms with Gasteiger partial charge in [-0.15, -0.1) is 0 Å². The van der Waals surface area contributed by atoms with Gasteiger partial charge in [0, 0.05) is 38.0 Å². The van der Waals surface area contributed by atoms with Gasteiger partial charge >= 0.3 is 6.03 Å². The minimum absolute atomic E-state index is 0.0579. The highest BCUT2D eigenvalue weighted by Crippen LogP contribution is 2.18. The number of carbonyl (C=O) groups is 5. The van der Waals surface area contributed by atoms with Crippen LogP contribution in [0.5, 0.6) is 5.75 Å². The van der Waals surface area contributed by atoms with Gasteiger partial charge in [0.1, 0.15) is 23.9 Å². The van der Waals surface area contributed by atoms with Gasteiger partial charge in [0.25, 0.3) is 0 Å². The highest BCUT2D eigenvalue weighted by atomic mass is 16.5. The lowest BCUT2D eigenvalue weighted by molar-refractivity contribution is -0.134. The molecule has 0 aliphatic rings.